The lowest BCUT2D eigenvalue weighted by Gasteiger charge is -2.27. The molecule has 0 radical (unpaired) electrons. The largest absolute Gasteiger partial charge is 0.489 e. The number of nitrogens with one attached hydrogen (secondary N) is 2. The summed E-state index contributed by atoms with van der Waals surface area (Å²) in [5, 5.41) is 15.2. The molecule has 27 heavy (non-hydrogen) atoms. The maximum atomic E-state index is 12.3. The number of nitriles is 1. The van der Waals surface area contributed by atoms with Crippen LogP contribution in [0.25, 0.3) is 0 Å². The van der Waals surface area contributed by atoms with Crippen LogP contribution in [0.4, 0.5) is 5.69 Å². The van der Waals surface area contributed by atoms with E-state index in [0.717, 1.165) is 23.4 Å². The third-order valence-corrected chi connectivity index (χ3v) is 4.44. The highest BCUT2D eigenvalue weighted by Crippen LogP contribution is 2.18. The first-order valence-corrected chi connectivity index (χ1v) is 9.13. The molecule has 5 heteroatoms. The van der Waals surface area contributed by atoms with Crippen LogP contribution in [0.3, 0.4) is 0 Å². The summed E-state index contributed by atoms with van der Waals surface area (Å²) < 4.78 is 5.76. The van der Waals surface area contributed by atoms with Gasteiger partial charge in [0.05, 0.1) is 11.6 Å². The minimum absolute atomic E-state index is 0.0282. The fraction of sp³-hybridized carbons (Fsp3) is 0.364. The van der Waals surface area contributed by atoms with Crippen molar-refractivity contribution in [2.45, 2.75) is 52.3 Å². The highest BCUT2D eigenvalue weighted by molar-refractivity contribution is 5.84. The predicted octanol–water partition coefficient (Wildman–Crippen LogP) is 4.24. The smallest absolute Gasteiger partial charge is 0.242 e. The van der Waals surface area contributed by atoms with Gasteiger partial charge in [-0.1, -0.05) is 19.1 Å². The fourth-order valence-corrected chi connectivity index (χ4v) is 2.39. The highest BCUT2D eigenvalue weighted by atomic mass is 16.5. The molecule has 2 N–H and O–H groups in total. The molecule has 5 nitrogen and oxygen atoms in total. The topological polar surface area (TPSA) is 74.2 Å². The zero-order valence-corrected chi connectivity index (χ0v) is 16.4. The second-order valence-corrected chi connectivity index (χ2v) is 7.22. The Kier molecular flexibility index (Phi) is 6.84. The van der Waals surface area contributed by atoms with E-state index in [4.69, 9.17) is 10.00 Å². The molecule has 0 bridgehead atoms. The van der Waals surface area contributed by atoms with E-state index < -0.39 is 0 Å². The van der Waals surface area contributed by atoms with E-state index in [1.807, 2.05) is 70.2 Å². The number of rotatable bonds is 8. The van der Waals surface area contributed by atoms with Gasteiger partial charge in [0.15, 0.2) is 0 Å². The van der Waals surface area contributed by atoms with E-state index in [1.165, 1.54) is 0 Å². The Morgan fingerprint density at radius 1 is 1.22 bits per heavy atom. The van der Waals surface area contributed by atoms with E-state index in [0.29, 0.717) is 12.2 Å². The van der Waals surface area contributed by atoms with Crippen LogP contribution in [-0.4, -0.2) is 17.5 Å². The Hall–Kier alpha value is -3.00. The van der Waals surface area contributed by atoms with E-state index >= 15 is 0 Å². The molecule has 0 fully saturated rings. The van der Waals surface area contributed by atoms with Gasteiger partial charge in [-0.25, -0.2) is 0 Å². The van der Waals surface area contributed by atoms with Gasteiger partial charge in [0.25, 0.3) is 0 Å². The van der Waals surface area contributed by atoms with Crippen LogP contribution in [0.5, 0.6) is 5.75 Å². The van der Waals surface area contributed by atoms with Gasteiger partial charge in [-0.05, 0) is 69.2 Å². The first-order chi connectivity index (χ1) is 12.8. The van der Waals surface area contributed by atoms with Crippen LogP contribution in [-0.2, 0) is 11.4 Å². The predicted molar refractivity (Wildman–Crippen MR) is 108 cm³/mol. The highest BCUT2D eigenvalue weighted by Gasteiger charge is 2.21. The Morgan fingerprint density at radius 3 is 2.56 bits per heavy atom. The number of benzene rings is 2. The second-order valence-electron chi connectivity index (χ2n) is 7.22. The second kappa shape index (κ2) is 9.09. The molecule has 1 atom stereocenters. The number of amides is 1. The van der Waals surface area contributed by atoms with Crippen LogP contribution in [0.15, 0.2) is 48.5 Å². The number of nitrogens with zero attached hydrogens (tertiary/aromatic N) is 1. The van der Waals surface area contributed by atoms with Crippen LogP contribution in [0.1, 0.15) is 45.2 Å². The number of carbonyl (C=O) groups excluding carboxylic acids is 1. The molecule has 2 aromatic rings. The summed E-state index contributed by atoms with van der Waals surface area (Å²) in [5.41, 5.74) is 2.20. The number of hydrogen-bond donors (Lipinski definition) is 2. The summed E-state index contributed by atoms with van der Waals surface area (Å²) in [5.74, 6) is 0.701. The Morgan fingerprint density at radius 2 is 1.93 bits per heavy atom. The maximum absolute atomic E-state index is 12.3. The van der Waals surface area contributed by atoms with Crippen molar-refractivity contribution in [3.05, 3.63) is 59.7 Å². The van der Waals surface area contributed by atoms with Gasteiger partial charge >= 0.3 is 0 Å². The molecule has 1 amide bonds. The lowest BCUT2D eigenvalue weighted by molar-refractivity contribution is -0.123. The van der Waals surface area contributed by atoms with Gasteiger partial charge in [-0.15, -0.1) is 0 Å². The zero-order chi connectivity index (χ0) is 19.9. The SMILES string of the molecule is CCC(C)(C)NC(=O)C(C)Nc1ccc(OCc2cccc(C#N)c2)cc1. The van der Waals surface area contributed by atoms with E-state index in [-0.39, 0.29) is 17.5 Å². The van der Waals surface area contributed by atoms with Crippen molar-refractivity contribution in [2.24, 2.45) is 0 Å². The minimum atomic E-state index is -0.337. The van der Waals surface area contributed by atoms with Crippen LogP contribution >= 0.6 is 0 Å². The molecule has 2 rings (SSSR count). The third kappa shape index (κ3) is 6.34. The molecule has 142 valence electrons. The molecule has 0 aliphatic carbocycles. The summed E-state index contributed by atoms with van der Waals surface area (Å²) in [4.78, 5) is 12.3. The summed E-state index contributed by atoms with van der Waals surface area (Å²) >= 11 is 0. The summed E-state index contributed by atoms with van der Waals surface area (Å²) in [6.45, 7) is 8.31. The lowest BCUT2D eigenvalue weighted by Crippen LogP contribution is -2.48. The molecule has 0 saturated carbocycles. The number of carbonyl (C=O) groups is 1. The molecule has 1 unspecified atom stereocenters. The van der Waals surface area contributed by atoms with Gasteiger partial charge in [-0.3, -0.25) is 4.79 Å². The van der Waals surface area contributed by atoms with Crippen molar-refractivity contribution in [1.29, 1.82) is 5.26 Å². The van der Waals surface area contributed by atoms with Crippen molar-refractivity contribution in [3.8, 4) is 11.8 Å². The average molecular weight is 365 g/mol. The first kappa shape index (κ1) is 20.3. The first-order valence-electron chi connectivity index (χ1n) is 9.13. The Labute approximate surface area is 161 Å². The third-order valence-electron chi connectivity index (χ3n) is 4.44. The van der Waals surface area contributed by atoms with E-state index in [2.05, 4.69) is 16.7 Å². The van der Waals surface area contributed by atoms with Crippen molar-refractivity contribution in [2.75, 3.05) is 5.32 Å². The molecule has 2 aromatic carbocycles. The van der Waals surface area contributed by atoms with Gasteiger partial charge < -0.3 is 15.4 Å². The summed E-state index contributed by atoms with van der Waals surface area (Å²) in [6.07, 6.45) is 0.870. The van der Waals surface area contributed by atoms with Crippen molar-refractivity contribution >= 4 is 11.6 Å². The van der Waals surface area contributed by atoms with Gasteiger partial charge in [0.1, 0.15) is 18.4 Å². The van der Waals surface area contributed by atoms with Crippen LogP contribution in [0.2, 0.25) is 0 Å². The van der Waals surface area contributed by atoms with E-state index in [1.54, 1.807) is 6.07 Å². The molecule has 0 saturated heterocycles. The molecular weight excluding hydrogens is 338 g/mol. The molecular formula is C22H27N3O2. The normalized spacial score (nSPS) is 12.0. The summed E-state index contributed by atoms with van der Waals surface area (Å²) in [6, 6.07) is 16.6. The van der Waals surface area contributed by atoms with Gasteiger partial charge in [0, 0.05) is 11.2 Å². The monoisotopic (exact) mass is 365 g/mol. The average Bonchev–Trinajstić information content (AvgIpc) is 2.67. The zero-order valence-electron chi connectivity index (χ0n) is 16.4. The van der Waals surface area contributed by atoms with Crippen LogP contribution in [0, 0.1) is 11.3 Å². The molecule has 0 spiro atoms. The lowest BCUT2D eigenvalue weighted by atomic mass is 10.0. The molecule has 0 aromatic heterocycles. The quantitative estimate of drug-likeness (QED) is 0.734. The molecule has 0 aliphatic rings. The Balaban J connectivity index is 1.89. The van der Waals surface area contributed by atoms with Crippen molar-refractivity contribution < 1.29 is 9.53 Å². The molecule has 0 heterocycles. The van der Waals surface area contributed by atoms with Crippen LogP contribution < -0.4 is 15.4 Å². The number of hydrogen-bond acceptors (Lipinski definition) is 4. The Bertz CT molecular complexity index is 807. The summed E-state index contributed by atoms with van der Waals surface area (Å²) in [7, 11) is 0. The fourth-order valence-electron chi connectivity index (χ4n) is 2.39. The van der Waals surface area contributed by atoms with Crippen molar-refractivity contribution in [3.63, 3.8) is 0 Å². The van der Waals surface area contributed by atoms with Gasteiger partial charge in [0.2, 0.25) is 5.91 Å². The number of ether oxygens (including phenoxy) is 1. The maximum Gasteiger partial charge on any atom is 0.242 e. The van der Waals surface area contributed by atoms with E-state index in [9.17, 15) is 4.79 Å². The standard InChI is InChI=1S/C22H27N3O2/c1-5-22(3,4)25-21(26)16(2)24-19-9-11-20(12-10-19)27-15-18-8-6-7-17(13-18)14-23/h6-13,16,24H,5,15H2,1-4H3,(H,25,26). The van der Waals surface area contributed by atoms with Crippen molar-refractivity contribution in [1.82, 2.24) is 5.32 Å². The molecule has 0 aliphatic heterocycles. The van der Waals surface area contributed by atoms with Gasteiger partial charge in [-0.2, -0.15) is 5.26 Å². The number of anilines is 1. The minimum Gasteiger partial charge on any atom is -0.489 e.